The molecule has 0 fully saturated rings. The van der Waals surface area contributed by atoms with Gasteiger partial charge in [-0.15, -0.1) is 23.1 Å². The number of carbonyl (C=O) groups is 2. The van der Waals surface area contributed by atoms with Crippen LogP contribution in [-0.4, -0.2) is 27.2 Å². The molecule has 1 N–H and O–H groups in total. The fraction of sp³-hybridized carbons (Fsp3) is 0.167. The van der Waals surface area contributed by atoms with Gasteiger partial charge in [0.15, 0.2) is 11.6 Å². The molecule has 28 heavy (non-hydrogen) atoms. The van der Waals surface area contributed by atoms with E-state index in [0.717, 1.165) is 26.8 Å². The van der Waals surface area contributed by atoms with Crippen molar-refractivity contribution in [3.63, 3.8) is 0 Å². The Labute approximate surface area is 174 Å². The molecule has 1 amide bonds. The van der Waals surface area contributed by atoms with Crippen LogP contribution in [0.2, 0.25) is 0 Å². The predicted octanol–water partition coefficient (Wildman–Crippen LogP) is 4.82. The lowest BCUT2D eigenvalue weighted by Crippen LogP contribution is -2.41. The van der Waals surface area contributed by atoms with E-state index in [1.165, 1.54) is 22.7 Å². The molecule has 0 saturated carbocycles. The van der Waals surface area contributed by atoms with E-state index in [2.05, 4.69) is 20.9 Å². The summed E-state index contributed by atoms with van der Waals surface area (Å²) < 4.78 is 28.4. The summed E-state index contributed by atoms with van der Waals surface area (Å²) in [6.07, 6.45) is -0.314. The minimum absolute atomic E-state index is 0.0462. The molecule has 4 rings (SSSR count). The number of carbonyl (C=O) groups excluding carboxylic acids is 1. The van der Waals surface area contributed by atoms with Crippen LogP contribution in [0, 0.1) is 11.6 Å². The zero-order valence-corrected chi connectivity index (χ0v) is 17.2. The molecule has 0 radical (unpaired) electrons. The fourth-order valence-electron chi connectivity index (χ4n) is 2.94. The first kappa shape index (κ1) is 19.3. The largest absolute Gasteiger partial charge is 0.481 e. The number of aromatic nitrogens is 1. The minimum Gasteiger partial charge on any atom is -0.481 e. The van der Waals surface area contributed by atoms with Crippen molar-refractivity contribution in [2.24, 2.45) is 0 Å². The number of thioether (sulfide) groups is 1. The maximum atomic E-state index is 14.0. The summed E-state index contributed by atoms with van der Waals surface area (Å²) in [6.45, 7) is 0.0462. The molecule has 144 valence electrons. The van der Waals surface area contributed by atoms with Crippen molar-refractivity contribution in [3.8, 4) is 0 Å². The van der Waals surface area contributed by atoms with Gasteiger partial charge < -0.3 is 10.0 Å². The first-order chi connectivity index (χ1) is 13.3. The number of carboxylic acids is 1. The second kappa shape index (κ2) is 7.41. The van der Waals surface area contributed by atoms with Crippen LogP contribution in [0.5, 0.6) is 0 Å². The molecule has 0 bridgehead atoms. The topological polar surface area (TPSA) is 70.5 Å². The Morgan fingerprint density at radius 2 is 2.07 bits per heavy atom. The lowest BCUT2D eigenvalue weighted by molar-refractivity contribution is -0.138. The van der Waals surface area contributed by atoms with E-state index in [-0.39, 0.29) is 23.6 Å². The van der Waals surface area contributed by atoms with Gasteiger partial charge in [-0.05, 0) is 30.3 Å². The van der Waals surface area contributed by atoms with Crippen LogP contribution in [0.3, 0.4) is 0 Å². The summed E-state index contributed by atoms with van der Waals surface area (Å²) >= 11 is 5.56. The van der Waals surface area contributed by atoms with Gasteiger partial charge in [0.05, 0.1) is 34.1 Å². The van der Waals surface area contributed by atoms with Crippen molar-refractivity contribution >= 4 is 66.8 Å². The molecule has 1 aliphatic heterocycles. The third kappa shape index (κ3) is 3.51. The molecule has 1 atom stereocenters. The number of fused-ring (bicyclic) bond motifs is 2. The molecule has 1 unspecified atom stereocenters. The highest BCUT2D eigenvalue weighted by atomic mass is 79.9. The van der Waals surface area contributed by atoms with Crippen LogP contribution in [0.1, 0.15) is 11.4 Å². The van der Waals surface area contributed by atoms with E-state index < -0.39 is 22.9 Å². The average Bonchev–Trinajstić information content (AvgIpc) is 3.05. The Bertz CT molecular complexity index is 1120. The standard InChI is InChI=1S/C18H11BrF2N2O3S2/c19-8-1-4-11-12(5-8)27-13(6-15(24)25)18(26)23(11)7-14-22-10-3-2-9(20)16(21)17(10)28-14/h1-5,13H,6-7H2,(H,24,25). The first-order valence-electron chi connectivity index (χ1n) is 8.06. The van der Waals surface area contributed by atoms with Crippen LogP contribution in [0.25, 0.3) is 10.2 Å². The van der Waals surface area contributed by atoms with Gasteiger partial charge in [-0.1, -0.05) is 15.9 Å². The lowest BCUT2D eigenvalue weighted by Gasteiger charge is -2.32. The van der Waals surface area contributed by atoms with Crippen molar-refractivity contribution in [3.05, 3.63) is 51.4 Å². The molecule has 10 heteroatoms. The quantitative estimate of drug-likeness (QED) is 0.574. The monoisotopic (exact) mass is 484 g/mol. The molecule has 1 aromatic heterocycles. The summed E-state index contributed by atoms with van der Waals surface area (Å²) in [5.41, 5.74) is 0.946. The van der Waals surface area contributed by atoms with E-state index in [1.807, 2.05) is 6.07 Å². The first-order valence-corrected chi connectivity index (χ1v) is 10.5. The normalized spacial score (nSPS) is 16.5. The van der Waals surface area contributed by atoms with Crippen LogP contribution in [-0.2, 0) is 16.1 Å². The lowest BCUT2D eigenvalue weighted by atomic mass is 10.2. The number of aliphatic carboxylic acids is 1. The summed E-state index contributed by atoms with van der Waals surface area (Å²) in [6, 6.07) is 7.76. The summed E-state index contributed by atoms with van der Waals surface area (Å²) in [5, 5.41) is 8.79. The van der Waals surface area contributed by atoms with Crippen molar-refractivity contribution in [2.45, 2.75) is 23.1 Å². The Morgan fingerprint density at radius 1 is 1.29 bits per heavy atom. The van der Waals surface area contributed by atoms with Gasteiger partial charge in [-0.25, -0.2) is 13.8 Å². The number of carboxylic acid groups (broad SMARTS) is 1. The van der Waals surface area contributed by atoms with E-state index in [1.54, 1.807) is 12.1 Å². The van der Waals surface area contributed by atoms with E-state index in [9.17, 15) is 18.4 Å². The van der Waals surface area contributed by atoms with Gasteiger partial charge >= 0.3 is 5.97 Å². The SMILES string of the molecule is O=C(O)CC1Sc2cc(Br)ccc2N(Cc2nc3ccc(F)c(F)c3s2)C1=O. The predicted molar refractivity (Wildman–Crippen MR) is 107 cm³/mol. The highest BCUT2D eigenvalue weighted by Crippen LogP contribution is 2.42. The molecule has 1 aliphatic rings. The number of anilines is 1. The maximum absolute atomic E-state index is 14.0. The van der Waals surface area contributed by atoms with Gasteiger partial charge in [0, 0.05) is 9.37 Å². The molecule has 5 nitrogen and oxygen atoms in total. The molecule has 2 aromatic carbocycles. The summed E-state index contributed by atoms with van der Waals surface area (Å²) in [7, 11) is 0. The van der Waals surface area contributed by atoms with Gasteiger partial charge in [-0.2, -0.15) is 0 Å². The van der Waals surface area contributed by atoms with E-state index >= 15 is 0 Å². The minimum atomic E-state index is -1.07. The number of halogens is 3. The molecule has 0 spiro atoms. The van der Waals surface area contributed by atoms with Crippen molar-refractivity contribution in [1.29, 1.82) is 0 Å². The molecular formula is C18H11BrF2N2O3S2. The fourth-order valence-corrected chi connectivity index (χ4v) is 5.68. The van der Waals surface area contributed by atoms with Gasteiger partial charge in [-0.3, -0.25) is 9.59 Å². The molecular weight excluding hydrogens is 474 g/mol. The van der Waals surface area contributed by atoms with E-state index in [4.69, 9.17) is 5.11 Å². The van der Waals surface area contributed by atoms with Crippen LogP contribution in [0.4, 0.5) is 14.5 Å². The number of nitrogens with zero attached hydrogens (tertiary/aromatic N) is 2. The zero-order chi connectivity index (χ0) is 20.0. The molecule has 3 aromatic rings. The maximum Gasteiger partial charge on any atom is 0.305 e. The third-order valence-electron chi connectivity index (χ3n) is 4.17. The summed E-state index contributed by atoms with van der Waals surface area (Å²) in [5.74, 6) is -3.34. The Morgan fingerprint density at radius 3 is 2.82 bits per heavy atom. The third-order valence-corrected chi connectivity index (χ3v) is 6.95. The number of hydrogen-bond acceptors (Lipinski definition) is 5. The average molecular weight is 485 g/mol. The number of benzene rings is 2. The Kier molecular flexibility index (Phi) is 5.11. The number of amides is 1. The van der Waals surface area contributed by atoms with Crippen molar-refractivity contribution in [1.82, 2.24) is 4.98 Å². The van der Waals surface area contributed by atoms with Crippen LogP contribution in [0.15, 0.2) is 39.7 Å². The number of rotatable bonds is 4. The second-order valence-corrected chi connectivity index (χ2v) is 9.30. The molecule has 0 saturated heterocycles. The van der Waals surface area contributed by atoms with Gasteiger partial charge in [0.2, 0.25) is 5.91 Å². The molecule has 0 aliphatic carbocycles. The van der Waals surface area contributed by atoms with Gasteiger partial charge in [0.25, 0.3) is 0 Å². The number of hydrogen-bond donors (Lipinski definition) is 1. The van der Waals surface area contributed by atoms with E-state index in [0.29, 0.717) is 16.2 Å². The summed E-state index contributed by atoms with van der Waals surface area (Å²) in [4.78, 5) is 30.6. The molecule has 2 heterocycles. The highest BCUT2D eigenvalue weighted by Gasteiger charge is 2.35. The Balaban J connectivity index is 1.74. The van der Waals surface area contributed by atoms with Crippen LogP contribution < -0.4 is 4.90 Å². The Hall–Kier alpha value is -2.04. The van der Waals surface area contributed by atoms with Crippen molar-refractivity contribution < 1.29 is 23.5 Å². The van der Waals surface area contributed by atoms with Gasteiger partial charge in [0.1, 0.15) is 5.01 Å². The van der Waals surface area contributed by atoms with Crippen molar-refractivity contribution in [2.75, 3.05) is 4.90 Å². The zero-order valence-electron chi connectivity index (χ0n) is 14.0. The number of thiazole rings is 1. The highest BCUT2D eigenvalue weighted by molar-refractivity contribution is 9.10. The second-order valence-electron chi connectivity index (χ2n) is 6.06. The van der Waals surface area contributed by atoms with Crippen LogP contribution >= 0.6 is 39.0 Å². The smallest absolute Gasteiger partial charge is 0.305 e.